The number of halogens is 1. The van der Waals surface area contributed by atoms with Gasteiger partial charge in [-0.2, -0.15) is 0 Å². The van der Waals surface area contributed by atoms with Gasteiger partial charge in [0.25, 0.3) is 11.0 Å². The Balaban J connectivity index is 3.00. The van der Waals surface area contributed by atoms with Gasteiger partial charge in [0.1, 0.15) is 5.75 Å². The van der Waals surface area contributed by atoms with Gasteiger partial charge in [-0.15, -0.1) is 0 Å². The molecule has 1 aromatic carbocycles. The number of carbonyl (C=O) groups is 1. The zero-order valence-corrected chi connectivity index (χ0v) is 11.6. The van der Waals surface area contributed by atoms with Gasteiger partial charge in [-0.3, -0.25) is 9.59 Å². The first kappa shape index (κ1) is 14.8. The second-order valence-corrected chi connectivity index (χ2v) is 4.80. The van der Waals surface area contributed by atoms with E-state index in [1.165, 1.54) is 25.1 Å². The van der Waals surface area contributed by atoms with E-state index in [9.17, 15) is 19.5 Å². The van der Waals surface area contributed by atoms with Crippen LogP contribution in [0.5, 0.6) is 5.75 Å². The summed E-state index contributed by atoms with van der Waals surface area (Å²) in [5.74, 6) is -1.74. The molecule has 0 unspecified atom stereocenters. The highest BCUT2D eigenvalue weighted by atomic mass is 35.5. The van der Waals surface area contributed by atoms with Gasteiger partial charge < -0.3 is 15.2 Å². The fraction of sp³-hybridized carbons (Fsp3) is 0.0714. The van der Waals surface area contributed by atoms with Gasteiger partial charge in [0.15, 0.2) is 0 Å². The molecule has 1 heterocycles. The number of fused-ring (bicyclic) bond motifs is 1. The molecule has 0 aliphatic heterocycles. The number of carboxylic acid groups (broad SMARTS) is 1. The maximum atomic E-state index is 12.0. The first-order valence-corrected chi connectivity index (χ1v) is 6.19. The number of H-pyrrole nitrogens is 1. The van der Waals surface area contributed by atoms with Crippen molar-refractivity contribution in [1.29, 1.82) is 0 Å². The second-order valence-electron chi connectivity index (χ2n) is 4.37. The fourth-order valence-electron chi connectivity index (χ4n) is 1.79. The molecule has 7 heteroatoms. The quantitative estimate of drug-likeness (QED) is 0.578. The van der Waals surface area contributed by atoms with Crippen LogP contribution in [0.15, 0.2) is 33.4 Å². The number of benzene rings is 1. The highest BCUT2D eigenvalue weighted by molar-refractivity contribution is 6.31. The maximum absolute atomic E-state index is 12.0. The standard InChI is InChI=1S/C14H10ClNO5/c1-6(14(20)21)4-9-11(17)8-3-2-7(15)5-10(8)16-13(19)12(9)18/h2-5,17H,1H3,(H,20,21)(H,16,18,19)/b6-4+. The van der Waals surface area contributed by atoms with Crippen LogP contribution in [-0.2, 0) is 4.79 Å². The fourth-order valence-corrected chi connectivity index (χ4v) is 1.96. The second kappa shape index (κ2) is 5.41. The molecule has 0 aliphatic rings. The van der Waals surface area contributed by atoms with E-state index in [0.29, 0.717) is 5.02 Å². The molecule has 21 heavy (non-hydrogen) atoms. The Hall–Kier alpha value is -2.60. The van der Waals surface area contributed by atoms with Crippen molar-refractivity contribution in [3.05, 3.63) is 54.9 Å². The van der Waals surface area contributed by atoms with Crippen molar-refractivity contribution < 1.29 is 15.0 Å². The molecule has 0 bridgehead atoms. The van der Waals surface area contributed by atoms with Crippen LogP contribution in [0.4, 0.5) is 0 Å². The first-order valence-electron chi connectivity index (χ1n) is 5.81. The lowest BCUT2D eigenvalue weighted by atomic mass is 10.1. The molecule has 0 radical (unpaired) electrons. The van der Waals surface area contributed by atoms with Crippen LogP contribution in [0.25, 0.3) is 17.0 Å². The minimum absolute atomic E-state index is 0.176. The Morgan fingerprint density at radius 1 is 1.33 bits per heavy atom. The molecule has 2 aromatic rings. The summed E-state index contributed by atoms with van der Waals surface area (Å²) < 4.78 is 0. The average Bonchev–Trinajstić information content (AvgIpc) is 2.49. The van der Waals surface area contributed by atoms with Crippen LogP contribution in [0.3, 0.4) is 0 Å². The van der Waals surface area contributed by atoms with Crippen molar-refractivity contribution in [2.24, 2.45) is 0 Å². The van der Waals surface area contributed by atoms with Crippen molar-refractivity contribution >= 4 is 34.5 Å². The number of aromatic amines is 1. The van der Waals surface area contributed by atoms with Crippen LogP contribution in [0.1, 0.15) is 12.5 Å². The predicted molar refractivity (Wildman–Crippen MR) is 78.8 cm³/mol. The zero-order valence-electron chi connectivity index (χ0n) is 10.8. The lowest BCUT2D eigenvalue weighted by Crippen LogP contribution is -2.25. The topological polar surface area (TPSA) is 107 Å². The van der Waals surface area contributed by atoms with E-state index in [1.807, 2.05) is 0 Å². The van der Waals surface area contributed by atoms with Crippen molar-refractivity contribution in [3.63, 3.8) is 0 Å². The van der Waals surface area contributed by atoms with Gasteiger partial charge in [0.05, 0.1) is 11.1 Å². The van der Waals surface area contributed by atoms with Gasteiger partial charge in [-0.25, -0.2) is 4.79 Å². The Bertz CT molecular complexity index is 898. The van der Waals surface area contributed by atoms with Gasteiger partial charge in [0, 0.05) is 16.0 Å². The normalized spacial score (nSPS) is 11.6. The Morgan fingerprint density at radius 2 is 2.00 bits per heavy atom. The Morgan fingerprint density at radius 3 is 2.62 bits per heavy atom. The largest absolute Gasteiger partial charge is 0.506 e. The molecule has 0 aliphatic carbocycles. The minimum atomic E-state index is -1.26. The molecule has 0 amide bonds. The molecule has 3 N–H and O–H groups in total. The summed E-state index contributed by atoms with van der Waals surface area (Å²) >= 11 is 5.80. The van der Waals surface area contributed by atoms with Gasteiger partial charge >= 0.3 is 5.97 Å². The molecular formula is C14H10ClNO5. The molecule has 108 valence electrons. The molecule has 2 rings (SSSR count). The molecule has 0 saturated carbocycles. The third-order valence-electron chi connectivity index (χ3n) is 2.89. The summed E-state index contributed by atoms with van der Waals surface area (Å²) in [7, 11) is 0. The monoisotopic (exact) mass is 307 g/mol. The average molecular weight is 308 g/mol. The Kier molecular flexibility index (Phi) is 3.82. The summed E-state index contributed by atoms with van der Waals surface area (Å²) in [6.07, 6.45) is 0.962. The van der Waals surface area contributed by atoms with Crippen LogP contribution >= 0.6 is 11.6 Å². The number of aromatic hydroxyl groups is 1. The number of hydrogen-bond donors (Lipinski definition) is 3. The third-order valence-corrected chi connectivity index (χ3v) is 3.12. The van der Waals surface area contributed by atoms with Crippen molar-refractivity contribution in [3.8, 4) is 5.75 Å². The first-order chi connectivity index (χ1) is 9.81. The lowest BCUT2D eigenvalue weighted by Gasteiger charge is -1.99. The molecule has 0 atom stereocenters. The van der Waals surface area contributed by atoms with Crippen molar-refractivity contribution in [1.82, 2.24) is 4.98 Å². The van der Waals surface area contributed by atoms with Crippen molar-refractivity contribution in [2.45, 2.75) is 6.92 Å². The van der Waals surface area contributed by atoms with Crippen LogP contribution in [-0.4, -0.2) is 21.2 Å². The van der Waals surface area contributed by atoms with E-state index in [-0.39, 0.29) is 22.0 Å². The molecule has 0 saturated heterocycles. The molecular weight excluding hydrogens is 298 g/mol. The van der Waals surface area contributed by atoms with E-state index in [1.54, 1.807) is 0 Å². The minimum Gasteiger partial charge on any atom is -0.506 e. The molecule has 0 fully saturated rings. The predicted octanol–water partition coefficient (Wildman–Crippen LogP) is 1.74. The van der Waals surface area contributed by atoms with Crippen LogP contribution in [0, 0.1) is 0 Å². The number of aromatic nitrogens is 1. The number of hydrogen-bond acceptors (Lipinski definition) is 4. The maximum Gasteiger partial charge on any atom is 0.331 e. The number of carboxylic acids is 1. The summed E-state index contributed by atoms with van der Waals surface area (Å²) in [5.41, 5.74) is -2.40. The van der Waals surface area contributed by atoms with Gasteiger partial charge in [0.2, 0.25) is 0 Å². The van der Waals surface area contributed by atoms with Crippen molar-refractivity contribution in [2.75, 3.05) is 0 Å². The molecule has 0 spiro atoms. The smallest absolute Gasteiger partial charge is 0.331 e. The SMILES string of the molecule is C/C(=C\c1c(O)c2ccc(Cl)cc2[nH]c(=O)c1=O)C(=O)O. The van der Waals surface area contributed by atoms with E-state index in [2.05, 4.69) is 4.98 Å². The van der Waals surface area contributed by atoms with E-state index < -0.39 is 22.7 Å². The molecule has 6 nitrogen and oxygen atoms in total. The highest BCUT2D eigenvalue weighted by Gasteiger charge is 2.12. The number of nitrogens with one attached hydrogen (secondary N) is 1. The Labute approximate surface area is 122 Å². The number of aliphatic carboxylic acids is 1. The summed E-state index contributed by atoms with van der Waals surface area (Å²) in [6.45, 7) is 1.25. The lowest BCUT2D eigenvalue weighted by molar-refractivity contribution is -0.132. The zero-order chi connectivity index (χ0) is 15.7. The molecule has 1 aromatic heterocycles. The third kappa shape index (κ3) is 2.80. The van der Waals surface area contributed by atoms with E-state index in [0.717, 1.165) is 6.08 Å². The summed E-state index contributed by atoms with van der Waals surface area (Å²) in [5, 5.41) is 19.5. The van der Waals surface area contributed by atoms with E-state index >= 15 is 0 Å². The highest BCUT2D eigenvalue weighted by Crippen LogP contribution is 2.26. The van der Waals surface area contributed by atoms with Crippen LogP contribution < -0.4 is 11.0 Å². The van der Waals surface area contributed by atoms with Gasteiger partial charge in [-0.1, -0.05) is 11.6 Å². The van der Waals surface area contributed by atoms with Gasteiger partial charge in [-0.05, 0) is 31.2 Å². The van der Waals surface area contributed by atoms with E-state index in [4.69, 9.17) is 16.7 Å². The summed E-state index contributed by atoms with van der Waals surface area (Å²) in [4.78, 5) is 36.9. The summed E-state index contributed by atoms with van der Waals surface area (Å²) in [6, 6.07) is 4.29. The number of rotatable bonds is 2. The van der Waals surface area contributed by atoms with Crippen LogP contribution in [0.2, 0.25) is 5.02 Å².